The number of phenols is 1. The van der Waals surface area contributed by atoms with Gasteiger partial charge in [-0.2, -0.15) is 0 Å². The largest absolute Gasteiger partial charge is 0.508 e. The van der Waals surface area contributed by atoms with Crippen molar-refractivity contribution in [1.29, 1.82) is 0 Å². The van der Waals surface area contributed by atoms with Gasteiger partial charge in [-0.1, -0.05) is 0 Å². The lowest BCUT2D eigenvalue weighted by atomic mass is 10.2. The lowest BCUT2D eigenvalue weighted by molar-refractivity contribution is -0.116. The number of nitrogens with one attached hydrogen (secondary N) is 1. The van der Waals surface area contributed by atoms with Crippen LogP contribution in [0.3, 0.4) is 0 Å². The molecule has 2 rings (SSSR count). The molecule has 14 heavy (non-hydrogen) atoms. The Morgan fingerprint density at radius 1 is 1.43 bits per heavy atom. The highest BCUT2D eigenvalue weighted by molar-refractivity contribution is 5.92. The summed E-state index contributed by atoms with van der Waals surface area (Å²) in [4.78, 5) is 11.3. The second-order valence-corrected chi connectivity index (χ2v) is 3.18. The molecule has 0 fully saturated rings. The van der Waals surface area contributed by atoms with Gasteiger partial charge in [0.1, 0.15) is 11.5 Å². The van der Waals surface area contributed by atoms with Crippen LogP contribution in [0.4, 0.5) is 5.69 Å². The third-order valence-corrected chi connectivity index (χ3v) is 2.05. The first kappa shape index (κ1) is 8.87. The van der Waals surface area contributed by atoms with Crippen molar-refractivity contribution in [2.75, 3.05) is 11.9 Å². The molecule has 4 nitrogen and oxygen atoms in total. The average Bonchev–Trinajstić information content (AvgIpc) is 2.13. The van der Waals surface area contributed by atoms with Crippen LogP contribution in [-0.2, 0) is 4.79 Å². The van der Waals surface area contributed by atoms with Crippen molar-refractivity contribution < 1.29 is 14.6 Å². The summed E-state index contributed by atoms with van der Waals surface area (Å²) in [6.45, 7) is 0.504. The third kappa shape index (κ3) is 1.79. The van der Waals surface area contributed by atoms with Gasteiger partial charge in [-0.05, 0) is 18.6 Å². The van der Waals surface area contributed by atoms with Gasteiger partial charge in [-0.25, -0.2) is 0 Å². The van der Waals surface area contributed by atoms with E-state index in [-0.39, 0.29) is 11.7 Å². The van der Waals surface area contributed by atoms with Gasteiger partial charge in [-0.3, -0.25) is 4.79 Å². The lowest BCUT2D eigenvalue weighted by Gasteiger charge is -2.15. The fourth-order valence-corrected chi connectivity index (χ4v) is 1.36. The van der Waals surface area contributed by atoms with Crippen molar-refractivity contribution in [2.24, 2.45) is 0 Å². The minimum Gasteiger partial charge on any atom is -0.508 e. The summed E-state index contributed by atoms with van der Waals surface area (Å²) in [7, 11) is 0. The minimum absolute atomic E-state index is 0.0137. The number of benzene rings is 1. The summed E-state index contributed by atoms with van der Waals surface area (Å²) < 4.78 is 5.38. The number of carbonyl (C=O) groups is 1. The highest BCUT2D eigenvalue weighted by Crippen LogP contribution is 2.30. The topological polar surface area (TPSA) is 58.6 Å². The second kappa shape index (κ2) is 3.57. The molecule has 0 atom stereocenters. The van der Waals surface area contributed by atoms with Gasteiger partial charge < -0.3 is 15.2 Å². The molecule has 1 heterocycles. The molecule has 1 aromatic rings. The number of phenolic OH excluding ortho intramolecular Hbond substituents is 1. The molecule has 0 radical (unpaired) electrons. The molecule has 0 spiro atoms. The molecule has 1 aromatic carbocycles. The summed E-state index contributed by atoms with van der Waals surface area (Å²) in [5.74, 6) is 0.650. The van der Waals surface area contributed by atoms with Crippen LogP contribution in [0.15, 0.2) is 18.2 Å². The van der Waals surface area contributed by atoms with Crippen LogP contribution in [0.5, 0.6) is 11.5 Å². The van der Waals surface area contributed by atoms with Crippen molar-refractivity contribution >= 4 is 11.6 Å². The Morgan fingerprint density at radius 2 is 2.29 bits per heavy atom. The number of amides is 1. The first-order valence-electron chi connectivity index (χ1n) is 4.51. The molecule has 0 aromatic heterocycles. The van der Waals surface area contributed by atoms with Gasteiger partial charge in [0.25, 0.3) is 0 Å². The van der Waals surface area contributed by atoms with E-state index >= 15 is 0 Å². The molecule has 0 saturated carbocycles. The number of rotatable bonds is 0. The standard InChI is InChI=1S/C10H11NO3/c12-7-3-4-8-9(6-7)14-5-1-2-10(13)11-8/h3-4,6,12H,1-2,5H2,(H,11,13). The Bertz CT molecular complexity index is 362. The van der Waals surface area contributed by atoms with Gasteiger partial charge in [0.2, 0.25) is 5.91 Å². The second-order valence-electron chi connectivity index (χ2n) is 3.18. The van der Waals surface area contributed by atoms with Crippen molar-refractivity contribution in [1.82, 2.24) is 0 Å². The first-order valence-corrected chi connectivity index (χ1v) is 4.51. The summed E-state index contributed by atoms with van der Waals surface area (Å²) >= 11 is 0. The van der Waals surface area contributed by atoms with E-state index in [4.69, 9.17) is 4.74 Å². The van der Waals surface area contributed by atoms with Crippen LogP contribution >= 0.6 is 0 Å². The smallest absolute Gasteiger partial charge is 0.224 e. The number of fused-ring (bicyclic) bond motifs is 1. The molecule has 74 valence electrons. The number of hydrogen-bond donors (Lipinski definition) is 2. The average molecular weight is 193 g/mol. The Balaban J connectivity index is 2.34. The van der Waals surface area contributed by atoms with E-state index in [1.165, 1.54) is 12.1 Å². The lowest BCUT2D eigenvalue weighted by Crippen LogP contribution is -2.16. The number of carbonyl (C=O) groups excluding carboxylic acids is 1. The van der Waals surface area contributed by atoms with Crippen molar-refractivity contribution in [3.05, 3.63) is 18.2 Å². The van der Waals surface area contributed by atoms with Crippen molar-refractivity contribution in [2.45, 2.75) is 12.8 Å². The maximum atomic E-state index is 11.3. The van der Waals surface area contributed by atoms with E-state index < -0.39 is 0 Å². The highest BCUT2D eigenvalue weighted by Gasteiger charge is 2.12. The molecule has 0 bridgehead atoms. The van der Waals surface area contributed by atoms with Crippen molar-refractivity contribution in [3.8, 4) is 11.5 Å². The van der Waals surface area contributed by atoms with Crippen LogP contribution in [0.25, 0.3) is 0 Å². The zero-order chi connectivity index (χ0) is 9.97. The Hall–Kier alpha value is -1.71. The highest BCUT2D eigenvalue weighted by atomic mass is 16.5. The Kier molecular flexibility index (Phi) is 2.26. The van der Waals surface area contributed by atoms with Gasteiger partial charge in [-0.15, -0.1) is 0 Å². The monoisotopic (exact) mass is 193 g/mol. The Labute approximate surface area is 81.5 Å². The molecule has 1 aliphatic rings. The van der Waals surface area contributed by atoms with Crippen LogP contribution < -0.4 is 10.1 Å². The van der Waals surface area contributed by atoms with Gasteiger partial charge in [0.05, 0.1) is 12.3 Å². The minimum atomic E-state index is -0.0137. The summed E-state index contributed by atoms with van der Waals surface area (Å²) in [5, 5.41) is 11.9. The zero-order valence-electron chi connectivity index (χ0n) is 7.62. The van der Waals surface area contributed by atoms with Crippen LogP contribution in [0.1, 0.15) is 12.8 Å². The molecule has 1 aliphatic heterocycles. The molecule has 0 saturated heterocycles. The van der Waals surface area contributed by atoms with Gasteiger partial charge in [0.15, 0.2) is 0 Å². The van der Waals surface area contributed by atoms with Gasteiger partial charge in [0, 0.05) is 12.5 Å². The Morgan fingerprint density at radius 3 is 3.14 bits per heavy atom. The van der Waals surface area contributed by atoms with E-state index in [9.17, 15) is 9.90 Å². The molecular weight excluding hydrogens is 182 g/mol. The fraction of sp³-hybridized carbons (Fsp3) is 0.300. The number of hydrogen-bond acceptors (Lipinski definition) is 3. The molecular formula is C10H11NO3. The van der Waals surface area contributed by atoms with Gasteiger partial charge >= 0.3 is 0 Å². The predicted molar refractivity (Wildman–Crippen MR) is 51.5 cm³/mol. The summed E-state index contributed by atoms with van der Waals surface area (Å²) in [6.07, 6.45) is 1.17. The summed E-state index contributed by atoms with van der Waals surface area (Å²) in [6, 6.07) is 4.65. The van der Waals surface area contributed by atoms with E-state index in [1.807, 2.05) is 0 Å². The fourth-order valence-electron chi connectivity index (χ4n) is 1.36. The van der Waals surface area contributed by atoms with E-state index in [1.54, 1.807) is 6.07 Å². The zero-order valence-corrected chi connectivity index (χ0v) is 7.62. The quantitative estimate of drug-likeness (QED) is 0.614. The number of ether oxygens (including phenoxy) is 1. The van der Waals surface area contributed by atoms with E-state index in [2.05, 4.69) is 5.32 Å². The third-order valence-electron chi connectivity index (χ3n) is 2.05. The first-order chi connectivity index (χ1) is 6.75. The molecule has 4 heteroatoms. The van der Waals surface area contributed by atoms with Crippen LogP contribution in [0, 0.1) is 0 Å². The summed E-state index contributed by atoms with van der Waals surface area (Å²) in [5.41, 5.74) is 0.618. The SMILES string of the molecule is O=C1CCCOc2cc(O)ccc2N1. The maximum Gasteiger partial charge on any atom is 0.224 e. The number of aromatic hydroxyl groups is 1. The normalized spacial score (nSPS) is 15.9. The predicted octanol–water partition coefficient (Wildman–Crippen LogP) is 1.50. The molecule has 1 amide bonds. The van der Waals surface area contributed by atoms with E-state index in [0.29, 0.717) is 30.9 Å². The molecule has 2 N–H and O–H groups in total. The van der Waals surface area contributed by atoms with Crippen LogP contribution in [0.2, 0.25) is 0 Å². The van der Waals surface area contributed by atoms with E-state index in [0.717, 1.165) is 0 Å². The molecule has 0 unspecified atom stereocenters. The van der Waals surface area contributed by atoms with Crippen LogP contribution in [-0.4, -0.2) is 17.6 Å². The number of anilines is 1. The van der Waals surface area contributed by atoms with Crippen molar-refractivity contribution in [3.63, 3.8) is 0 Å². The molecule has 0 aliphatic carbocycles. The maximum absolute atomic E-state index is 11.3.